The van der Waals surface area contributed by atoms with Gasteiger partial charge in [-0.25, -0.2) is 14.4 Å². The van der Waals surface area contributed by atoms with Crippen molar-refractivity contribution in [3.8, 4) is 10.6 Å². The lowest BCUT2D eigenvalue weighted by molar-refractivity contribution is -0.0601. The number of aromatic nitrogens is 4. The summed E-state index contributed by atoms with van der Waals surface area (Å²) in [6.45, 7) is 7.34. The number of aryl methyl sites for hydroxylation is 2. The van der Waals surface area contributed by atoms with E-state index in [-0.39, 0.29) is 11.9 Å². The van der Waals surface area contributed by atoms with Crippen LogP contribution < -0.4 is 10.6 Å². The first-order valence-electron chi connectivity index (χ1n) is 13.4. The van der Waals surface area contributed by atoms with Gasteiger partial charge in [0.2, 0.25) is 5.95 Å². The van der Waals surface area contributed by atoms with E-state index in [1.807, 2.05) is 19.9 Å². The average molecular weight is 583 g/mol. The second-order valence-electron chi connectivity index (χ2n) is 11.0. The Labute approximate surface area is 241 Å². The standard InChI is InChI=1S/C29H35FN6O4S/c1-14-22(27-35-23-15(2)31-11-10-21(23)41-27)26(34-19-12-18(29(3,4)39)24(37)25(19)38)36-28(33-14)32-13-20(40-5)16-6-8-17(30)9-7-16/h6-11,18-20,24-25,37-39H,12-13H2,1-5H3,(H2,32,33,34,36)/t18-,19+,20-,24+,25-/m0/s1. The number of rotatable bonds is 9. The molecule has 1 aliphatic carbocycles. The lowest BCUT2D eigenvalue weighted by Gasteiger charge is -2.28. The Kier molecular flexibility index (Phi) is 8.22. The summed E-state index contributed by atoms with van der Waals surface area (Å²) in [4.78, 5) is 18.7. The van der Waals surface area contributed by atoms with Crippen molar-refractivity contribution in [1.82, 2.24) is 19.9 Å². The van der Waals surface area contributed by atoms with Crippen molar-refractivity contribution in [2.24, 2.45) is 5.92 Å². The summed E-state index contributed by atoms with van der Waals surface area (Å²) >= 11 is 1.49. The van der Waals surface area contributed by atoms with Crippen LogP contribution in [0.2, 0.25) is 0 Å². The minimum Gasteiger partial charge on any atom is -0.390 e. The fourth-order valence-corrected chi connectivity index (χ4v) is 6.47. The van der Waals surface area contributed by atoms with Crippen molar-refractivity contribution in [3.05, 3.63) is 59.3 Å². The number of pyridine rings is 1. The van der Waals surface area contributed by atoms with Crippen molar-refractivity contribution in [2.45, 2.75) is 64.1 Å². The van der Waals surface area contributed by atoms with E-state index in [2.05, 4.69) is 15.6 Å². The molecule has 0 unspecified atom stereocenters. The second-order valence-corrected chi connectivity index (χ2v) is 12.0. The molecule has 1 aromatic carbocycles. The maximum absolute atomic E-state index is 13.4. The molecule has 12 heteroatoms. The first kappa shape index (κ1) is 29.2. The number of benzene rings is 1. The molecule has 218 valence electrons. The number of hydrogen-bond donors (Lipinski definition) is 5. The van der Waals surface area contributed by atoms with Gasteiger partial charge in [-0.3, -0.25) is 4.98 Å². The van der Waals surface area contributed by atoms with Crippen LogP contribution in [0.5, 0.6) is 0 Å². The summed E-state index contributed by atoms with van der Waals surface area (Å²) in [5.41, 5.74) is 2.54. The lowest BCUT2D eigenvalue weighted by Crippen LogP contribution is -2.40. The number of anilines is 2. The van der Waals surface area contributed by atoms with E-state index in [9.17, 15) is 19.7 Å². The molecule has 10 nitrogen and oxygen atoms in total. The van der Waals surface area contributed by atoms with Crippen LogP contribution in [-0.4, -0.2) is 72.8 Å². The van der Waals surface area contributed by atoms with Crippen LogP contribution in [0.4, 0.5) is 16.2 Å². The summed E-state index contributed by atoms with van der Waals surface area (Å²) in [6, 6.07) is 7.44. The molecule has 1 aliphatic rings. The van der Waals surface area contributed by atoms with Crippen molar-refractivity contribution in [3.63, 3.8) is 0 Å². The summed E-state index contributed by atoms with van der Waals surface area (Å²) in [6.07, 6.45) is -0.532. The molecular weight excluding hydrogens is 547 g/mol. The Hall–Kier alpha value is -3.29. The molecule has 3 heterocycles. The molecule has 41 heavy (non-hydrogen) atoms. The number of fused-ring (bicyclic) bond motifs is 1. The summed E-state index contributed by atoms with van der Waals surface area (Å²) in [7, 11) is 1.58. The number of methoxy groups -OCH3 is 1. The van der Waals surface area contributed by atoms with Crippen LogP contribution in [0.25, 0.3) is 20.8 Å². The number of aliphatic hydroxyl groups excluding tert-OH is 2. The Morgan fingerprint density at radius 1 is 1.07 bits per heavy atom. The predicted octanol–water partition coefficient (Wildman–Crippen LogP) is 4.00. The molecule has 1 saturated carbocycles. The molecule has 0 spiro atoms. The monoisotopic (exact) mass is 582 g/mol. The number of nitrogens with one attached hydrogen (secondary N) is 2. The number of ether oxygens (including phenoxy) is 1. The van der Waals surface area contributed by atoms with Crippen molar-refractivity contribution in [2.75, 3.05) is 24.3 Å². The third-order valence-corrected chi connectivity index (χ3v) is 8.72. The third-order valence-electron chi connectivity index (χ3n) is 7.68. The number of nitrogens with zero attached hydrogens (tertiary/aromatic N) is 4. The molecule has 5 N–H and O–H groups in total. The van der Waals surface area contributed by atoms with Crippen LogP contribution in [0.15, 0.2) is 36.5 Å². The van der Waals surface area contributed by atoms with Gasteiger partial charge >= 0.3 is 0 Å². The Morgan fingerprint density at radius 3 is 2.44 bits per heavy atom. The van der Waals surface area contributed by atoms with Crippen LogP contribution in [0.3, 0.4) is 0 Å². The molecule has 0 radical (unpaired) electrons. The molecule has 3 aromatic heterocycles. The quantitative estimate of drug-likeness (QED) is 0.196. The minimum atomic E-state index is -1.18. The van der Waals surface area contributed by atoms with Gasteiger partial charge < -0.3 is 30.7 Å². The molecule has 5 atom stereocenters. The fourth-order valence-electron chi connectivity index (χ4n) is 5.35. The topological polar surface area (TPSA) is 146 Å². The maximum atomic E-state index is 13.4. The number of thiazole rings is 1. The van der Waals surface area contributed by atoms with Gasteiger partial charge in [-0.15, -0.1) is 11.3 Å². The van der Waals surface area contributed by atoms with Crippen LogP contribution in [-0.2, 0) is 4.74 Å². The van der Waals surface area contributed by atoms with Crippen molar-refractivity contribution >= 4 is 33.3 Å². The van der Waals surface area contributed by atoms with E-state index in [1.165, 1.54) is 23.5 Å². The summed E-state index contributed by atoms with van der Waals surface area (Å²) in [5, 5.41) is 39.5. The molecule has 0 saturated heterocycles. The van der Waals surface area contributed by atoms with Crippen LogP contribution in [0, 0.1) is 25.6 Å². The highest BCUT2D eigenvalue weighted by Gasteiger charge is 2.48. The van der Waals surface area contributed by atoms with E-state index in [1.54, 1.807) is 39.3 Å². The van der Waals surface area contributed by atoms with Gasteiger partial charge in [0.1, 0.15) is 28.3 Å². The lowest BCUT2D eigenvalue weighted by atomic mass is 9.88. The highest BCUT2D eigenvalue weighted by atomic mass is 32.1. The highest BCUT2D eigenvalue weighted by Crippen LogP contribution is 2.40. The Bertz CT molecular complexity index is 1530. The molecule has 0 amide bonds. The smallest absolute Gasteiger partial charge is 0.225 e. The van der Waals surface area contributed by atoms with Gasteiger partial charge in [0.05, 0.1) is 45.5 Å². The van der Waals surface area contributed by atoms with Gasteiger partial charge in [0.15, 0.2) is 0 Å². The van der Waals surface area contributed by atoms with Crippen LogP contribution in [0.1, 0.15) is 43.3 Å². The van der Waals surface area contributed by atoms with Crippen molar-refractivity contribution < 1.29 is 24.4 Å². The first-order chi connectivity index (χ1) is 19.5. The largest absolute Gasteiger partial charge is 0.390 e. The number of hydrogen-bond acceptors (Lipinski definition) is 11. The van der Waals surface area contributed by atoms with E-state index >= 15 is 0 Å². The molecule has 4 aromatic rings. The zero-order valence-electron chi connectivity index (χ0n) is 23.6. The molecular formula is C29H35FN6O4S. The highest BCUT2D eigenvalue weighted by molar-refractivity contribution is 7.21. The molecule has 0 aliphatic heterocycles. The van der Waals surface area contributed by atoms with Gasteiger partial charge in [-0.2, -0.15) is 4.98 Å². The minimum absolute atomic E-state index is 0.317. The predicted molar refractivity (Wildman–Crippen MR) is 156 cm³/mol. The normalized spacial score (nSPS) is 21.8. The maximum Gasteiger partial charge on any atom is 0.225 e. The fraction of sp³-hybridized carbons (Fsp3) is 0.448. The van der Waals surface area contributed by atoms with E-state index in [0.29, 0.717) is 41.0 Å². The van der Waals surface area contributed by atoms with Gasteiger partial charge in [0.25, 0.3) is 0 Å². The summed E-state index contributed by atoms with van der Waals surface area (Å²) in [5.74, 6) is -0.0981. The van der Waals surface area contributed by atoms with Gasteiger partial charge in [0, 0.05) is 25.8 Å². The summed E-state index contributed by atoms with van der Waals surface area (Å²) < 4.78 is 20.0. The molecule has 5 rings (SSSR count). The Morgan fingerprint density at radius 2 is 1.80 bits per heavy atom. The van der Waals surface area contributed by atoms with E-state index in [0.717, 1.165) is 21.5 Å². The second kappa shape index (κ2) is 11.5. The van der Waals surface area contributed by atoms with E-state index in [4.69, 9.17) is 19.7 Å². The number of aliphatic hydroxyl groups is 3. The SMILES string of the molecule is CO[C@@H](CNc1nc(C)c(-c2nc3c(C)nccc3s2)c(N[C@@H]2C[C@H](C(C)(C)O)[C@@H](O)[C@H]2O)n1)c1ccc(F)cc1. The van der Waals surface area contributed by atoms with Gasteiger partial charge in [-0.1, -0.05) is 12.1 Å². The van der Waals surface area contributed by atoms with E-state index < -0.39 is 29.8 Å². The zero-order chi connectivity index (χ0) is 29.5. The molecule has 1 fully saturated rings. The molecule has 0 bridgehead atoms. The number of halogens is 1. The Balaban J connectivity index is 1.50. The average Bonchev–Trinajstić information content (AvgIpc) is 3.47. The van der Waals surface area contributed by atoms with Crippen molar-refractivity contribution in [1.29, 1.82) is 0 Å². The third kappa shape index (κ3) is 6.02. The van der Waals surface area contributed by atoms with Gasteiger partial charge in [-0.05, 0) is 57.9 Å². The van der Waals surface area contributed by atoms with Crippen LogP contribution >= 0.6 is 11.3 Å². The first-order valence-corrected chi connectivity index (χ1v) is 14.3. The zero-order valence-corrected chi connectivity index (χ0v) is 24.4.